The molecule has 2 aromatic heterocycles. The second kappa shape index (κ2) is 5.42. The molecule has 1 aliphatic rings. The summed E-state index contributed by atoms with van der Waals surface area (Å²) in [6.07, 6.45) is 1.55. The van der Waals surface area contributed by atoms with Crippen molar-refractivity contribution in [2.24, 2.45) is 0 Å². The van der Waals surface area contributed by atoms with Crippen LogP contribution in [0.25, 0.3) is 10.2 Å². The number of hydrogen-bond donors (Lipinski definition) is 2. The Morgan fingerprint density at radius 1 is 1.38 bits per heavy atom. The molecule has 0 spiro atoms. The van der Waals surface area contributed by atoms with E-state index in [4.69, 9.17) is 4.98 Å². The van der Waals surface area contributed by atoms with Crippen LogP contribution < -0.4 is 10.2 Å². The van der Waals surface area contributed by atoms with Gasteiger partial charge in [0.05, 0.1) is 11.0 Å². The summed E-state index contributed by atoms with van der Waals surface area (Å²) in [5.74, 6) is 1.69. The Bertz CT molecular complexity index is 642. The molecule has 0 aromatic carbocycles. The number of hydrogen-bond acceptors (Lipinski definition) is 6. The molecule has 0 unspecified atom stereocenters. The molecule has 1 aliphatic heterocycles. The van der Waals surface area contributed by atoms with E-state index in [0.717, 1.165) is 48.5 Å². The normalized spacial score (nSPS) is 18.2. The Hall–Kier alpha value is -1.40. The number of anilines is 2. The van der Waals surface area contributed by atoms with Crippen LogP contribution >= 0.6 is 11.3 Å². The van der Waals surface area contributed by atoms with Gasteiger partial charge in [0.25, 0.3) is 0 Å². The average Bonchev–Trinajstić information content (AvgIpc) is 2.79. The molecule has 1 fully saturated rings. The molecular weight excluding hydrogens is 284 g/mol. The Labute approximate surface area is 129 Å². The van der Waals surface area contributed by atoms with Crippen LogP contribution in [0.3, 0.4) is 0 Å². The van der Waals surface area contributed by atoms with Gasteiger partial charge in [-0.3, -0.25) is 0 Å². The standard InChI is InChI=1S/C15H22N4OS/c1-4-16-14-17-12(11-9-10(2)21-13(11)18-14)19-7-5-15(3,20)6-8-19/h9,20H,4-8H2,1-3H3,(H,16,17,18). The largest absolute Gasteiger partial charge is 0.390 e. The van der Waals surface area contributed by atoms with Gasteiger partial charge in [0.2, 0.25) is 5.95 Å². The van der Waals surface area contributed by atoms with Crippen LogP contribution in [0, 0.1) is 6.92 Å². The Balaban J connectivity index is 1.99. The maximum Gasteiger partial charge on any atom is 0.226 e. The lowest BCUT2D eigenvalue weighted by molar-refractivity contribution is 0.0350. The molecule has 21 heavy (non-hydrogen) atoms. The maximum absolute atomic E-state index is 10.1. The van der Waals surface area contributed by atoms with E-state index in [1.54, 1.807) is 11.3 Å². The van der Waals surface area contributed by atoms with Crippen LogP contribution in [0.15, 0.2) is 6.07 Å². The summed E-state index contributed by atoms with van der Waals surface area (Å²) in [4.78, 5) is 13.8. The van der Waals surface area contributed by atoms with E-state index in [-0.39, 0.29) is 0 Å². The average molecular weight is 306 g/mol. The summed E-state index contributed by atoms with van der Waals surface area (Å²) in [7, 11) is 0. The number of fused-ring (bicyclic) bond motifs is 1. The minimum atomic E-state index is -0.544. The third kappa shape index (κ3) is 2.96. The molecule has 3 heterocycles. The first-order valence-corrected chi connectivity index (χ1v) is 8.29. The van der Waals surface area contributed by atoms with Crippen molar-refractivity contribution in [1.29, 1.82) is 0 Å². The number of nitrogens with one attached hydrogen (secondary N) is 1. The summed E-state index contributed by atoms with van der Waals surface area (Å²) in [5.41, 5.74) is -0.544. The molecular formula is C15H22N4OS. The molecule has 6 heteroatoms. The van der Waals surface area contributed by atoms with E-state index in [0.29, 0.717) is 5.95 Å². The molecule has 0 amide bonds. The molecule has 0 bridgehead atoms. The monoisotopic (exact) mass is 306 g/mol. The lowest BCUT2D eigenvalue weighted by atomic mass is 9.94. The van der Waals surface area contributed by atoms with Crippen molar-refractivity contribution in [2.45, 2.75) is 39.2 Å². The number of nitrogens with zero attached hydrogens (tertiary/aromatic N) is 3. The Kier molecular flexibility index (Phi) is 3.75. The fourth-order valence-electron chi connectivity index (χ4n) is 2.71. The molecule has 114 valence electrons. The molecule has 0 radical (unpaired) electrons. The fourth-order valence-corrected chi connectivity index (χ4v) is 3.58. The number of rotatable bonds is 3. The molecule has 2 aromatic rings. The number of aromatic nitrogens is 2. The highest BCUT2D eigenvalue weighted by Crippen LogP contribution is 2.34. The highest BCUT2D eigenvalue weighted by Gasteiger charge is 2.29. The van der Waals surface area contributed by atoms with Gasteiger partial charge in [-0.15, -0.1) is 11.3 Å². The SMILES string of the molecule is CCNc1nc(N2CCC(C)(O)CC2)c2cc(C)sc2n1. The van der Waals surface area contributed by atoms with Crippen LogP contribution in [-0.4, -0.2) is 40.3 Å². The smallest absolute Gasteiger partial charge is 0.226 e. The van der Waals surface area contributed by atoms with E-state index in [2.05, 4.69) is 28.2 Å². The second-order valence-electron chi connectivity index (χ2n) is 5.96. The van der Waals surface area contributed by atoms with Gasteiger partial charge in [-0.2, -0.15) is 4.98 Å². The summed E-state index contributed by atoms with van der Waals surface area (Å²) >= 11 is 1.70. The van der Waals surface area contributed by atoms with E-state index in [9.17, 15) is 5.11 Å². The van der Waals surface area contributed by atoms with Gasteiger partial charge in [0.15, 0.2) is 0 Å². The summed E-state index contributed by atoms with van der Waals surface area (Å²) < 4.78 is 0. The van der Waals surface area contributed by atoms with Gasteiger partial charge in [0.1, 0.15) is 10.6 Å². The van der Waals surface area contributed by atoms with Crippen molar-refractivity contribution in [3.8, 4) is 0 Å². The number of thiophene rings is 1. The minimum absolute atomic E-state index is 0.544. The highest BCUT2D eigenvalue weighted by molar-refractivity contribution is 7.18. The topological polar surface area (TPSA) is 61.3 Å². The van der Waals surface area contributed by atoms with E-state index in [1.165, 1.54) is 4.88 Å². The van der Waals surface area contributed by atoms with Gasteiger partial charge in [-0.05, 0) is 39.7 Å². The van der Waals surface area contributed by atoms with E-state index < -0.39 is 5.60 Å². The van der Waals surface area contributed by atoms with E-state index >= 15 is 0 Å². The van der Waals surface area contributed by atoms with Crippen LogP contribution in [0.5, 0.6) is 0 Å². The summed E-state index contributed by atoms with van der Waals surface area (Å²) in [5, 5.41) is 14.5. The molecule has 5 nitrogen and oxygen atoms in total. The molecule has 0 atom stereocenters. The van der Waals surface area contributed by atoms with E-state index in [1.807, 2.05) is 13.8 Å². The Morgan fingerprint density at radius 2 is 2.10 bits per heavy atom. The molecule has 0 aliphatic carbocycles. The lowest BCUT2D eigenvalue weighted by Gasteiger charge is -2.36. The Morgan fingerprint density at radius 3 is 2.76 bits per heavy atom. The van der Waals surface area contributed by atoms with Crippen molar-refractivity contribution in [1.82, 2.24) is 9.97 Å². The highest BCUT2D eigenvalue weighted by atomic mass is 32.1. The number of piperidine rings is 1. The summed E-state index contributed by atoms with van der Waals surface area (Å²) in [6.45, 7) is 8.54. The molecule has 3 rings (SSSR count). The lowest BCUT2D eigenvalue weighted by Crippen LogP contribution is -2.42. The van der Waals surface area contributed by atoms with Crippen molar-refractivity contribution >= 4 is 33.3 Å². The van der Waals surface area contributed by atoms with Gasteiger partial charge < -0.3 is 15.3 Å². The van der Waals surface area contributed by atoms with Crippen LogP contribution in [0.4, 0.5) is 11.8 Å². The predicted molar refractivity (Wildman–Crippen MR) is 88.4 cm³/mol. The summed E-state index contributed by atoms with van der Waals surface area (Å²) in [6, 6.07) is 2.16. The van der Waals surface area contributed by atoms with Crippen molar-refractivity contribution in [2.75, 3.05) is 29.9 Å². The second-order valence-corrected chi connectivity index (χ2v) is 7.20. The molecule has 2 N–H and O–H groups in total. The van der Waals surface area contributed by atoms with Gasteiger partial charge in [0, 0.05) is 24.5 Å². The molecule has 1 saturated heterocycles. The third-order valence-electron chi connectivity index (χ3n) is 3.97. The first kappa shape index (κ1) is 14.5. The van der Waals surface area contributed by atoms with Gasteiger partial charge >= 0.3 is 0 Å². The zero-order valence-electron chi connectivity index (χ0n) is 12.8. The first-order valence-electron chi connectivity index (χ1n) is 7.48. The van der Waals surface area contributed by atoms with Gasteiger partial charge in [-0.25, -0.2) is 4.98 Å². The quantitative estimate of drug-likeness (QED) is 0.913. The number of aryl methyl sites for hydroxylation is 1. The predicted octanol–water partition coefficient (Wildman–Crippen LogP) is 2.78. The zero-order valence-corrected chi connectivity index (χ0v) is 13.6. The maximum atomic E-state index is 10.1. The van der Waals surface area contributed by atoms with Crippen molar-refractivity contribution in [3.63, 3.8) is 0 Å². The zero-order chi connectivity index (χ0) is 15.0. The van der Waals surface area contributed by atoms with Crippen LogP contribution in [0.1, 0.15) is 31.6 Å². The van der Waals surface area contributed by atoms with Crippen molar-refractivity contribution in [3.05, 3.63) is 10.9 Å². The van der Waals surface area contributed by atoms with Crippen molar-refractivity contribution < 1.29 is 5.11 Å². The fraction of sp³-hybridized carbons (Fsp3) is 0.600. The van der Waals surface area contributed by atoms with Crippen LogP contribution in [-0.2, 0) is 0 Å². The first-order chi connectivity index (χ1) is 9.98. The molecule has 0 saturated carbocycles. The van der Waals surface area contributed by atoms with Gasteiger partial charge in [-0.1, -0.05) is 0 Å². The minimum Gasteiger partial charge on any atom is -0.390 e. The van der Waals surface area contributed by atoms with Crippen LogP contribution in [0.2, 0.25) is 0 Å². The third-order valence-corrected chi connectivity index (χ3v) is 4.92. The number of aliphatic hydroxyl groups is 1.